The molecular formula is C31H26ClF6N3O3. The average Bonchev–Trinajstić information content (AvgIpc) is 3.94. The Morgan fingerprint density at radius 1 is 1.20 bits per heavy atom. The molecule has 0 saturated heterocycles. The minimum Gasteiger partial charge on any atom is -0.496 e. The standard InChI is InChI=1S/C31H26ClF6N3O3/c1-15-18(12-40-30(36)7-8-30)9-17(10-24(15)44-2)29(43)39-13-20(16-3-4-16)23-11-21(31(37,38)14-42)27(35)28(41-23)19-5-6-22(33)25(32)26(19)34/h5-6,9-12,14,16,20,40H,1,3-4,7-8,13H2,2H3,(H,39,43)/b18-12-. The van der Waals surface area contributed by atoms with Crippen LogP contribution in [0.15, 0.2) is 30.3 Å². The van der Waals surface area contributed by atoms with E-state index in [-0.39, 0.29) is 29.5 Å². The van der Waals surface area contributed by atoms with E-state index in [4.69, 9.17) is 16.3 Å². The number of hydrogen-bond donors (Lipinski definition) is 2. The second kappa shape index (κ2) is 11.8. The Kier molecular flexibility index (Phi) is 8.41. The molecule has 1 atom stereocenters. The summed E-state index contributed by atoms with van der Waals surface area (Å²) in [6.45, 7) is 3.77. The van der Waals surface area contributed by atoms with Gasteiger partial charge < -0.3 is 15.4 Å². The lowest BCUT2D eigenvalue weighted by Crippen LogP contribution is -2.34. The van der Waals surface area contributed by atoms with E-state index in [0.29, 0.717) is 36.1 Å². The Balaban J connectivity index is 1.50. The van der Waals surface area contributed by atoms with Crippen LogP contribution < -0.4 is 25.8 Å². The molecule has 0 aliphatic heterocycles. The van der Waals surface area contributed by atoms with Gasteiger partial charge in [-0.1, -0.05) is 18.2 Å². The van der Waals surface area contributed by atoms with Gasteiger partial charge in [0.05, 0.1) is 12.7 Å². The van der Waals surface area contributed by atoms with Crippen molar-refractivity contribution in [3.63, 3.8) is 0 Å². The van der Waals surface area contributed by atoms with Crippen molar-refractivity contribution in [1.82, 2.24) is 15.6 Å². The molecule has 44 heavy (non-hydrogen) atoms. The van der Waals surface area contributed by atoms with E-state index in [0.717, 1.165) is 18.2 Å². The summed E-state index contributed by atoms with van der Waals surface area (Å²) in [5.74, 6) is -11.3. The highest BCUT2D eigenvalue weighted by atomic mass is 35.5. The summed E-state index contributed by atoms with van der Waals surface area (Å²) >= 11 is 5.65. The van der Waals surface area contributed by atoms with Gasteiger partial charge in [0.25, 0.3) is 5.91 Å². The Labute approximate surface area is 252 Å². The van der Waals surface area contributed by atoms with E-state index in [9.17, 15) is 31.5 Å². The summed E-state index contributed by atoms with van der Waals surface area (Å²) in [4.78, 5) is 28.6. The highest BCUT2D eigenvalue weighted by molar-refractivity contribution is 6.31. The molecule has 2 aliphatic carbocycles. The van der Waals surface area contributed by atoms with Crippen molar-refractivity contribution in [2.75, 3.05) is 13.7 Å². The predicted molar refractivity (Wildman–Crippen MR) is 151 cm³/mol. The van der Waals surface area contributed by atoms with Gasteiger partial charge in [-0.25, -0.2) is 22.5 Å². The van der Waals surface area contributed by atoms with Gasteiger partial charge in [0, 0.05) is 58.8 Å². The molecule has 6 nitrogen and oxygen atoms in total. The third-order valence-electron chi connectivity index (χ3n) is 7.73. The molecule has 0 radical (unpaired) electrons. The van der Waals surface area contributed by atoms with Gasteiger partial charge in [-0.05, 0) is 49.1 Å². The fraction of sp³-hybridized carbons (Fsp3) is 0.323. The number of benzene rings is 2. The number of nitrogens with one attached hydrogen (secondary N) is 2. The van der Waals surface area contributed by atoms with Crippen molar-refractivity contribution >= 4 is 36.6 Å². The predicted octanol–water partition coefficient (Wildman–Crippen LogP) is 5.24. The Bertz CT molecular complexity index is 1760. The molecule has 2 aromatic carbocycles. The molecule has 2 saturated carbocycles. The van der Waals surface area contributed by atoms with Gasteiger partial charge in [-0.2, -0.15) is 8.78 Å². The zero-order valence-electron chi connectivity index (χ0n) is 23.3. The third kappa shape index (κ3) is 6.26. The minimum atomic E-state index is -4.31. The molecule has 1 unspecified atom stereocenters. The number of amides is 1. The van der Waals surface area contributed by atoms with Crippen LogP contribution in [0.4, 0.5) is 26.3 Å². The van der Waals surface area contributed by atoms with E-state index in [1.807, 2.05) is 0 Å². The average molecular weight is 638 g/mol. The molecule has 2 aliphatic rings. The lowest BCUT2D eigenvalue weighted by Gasteiger charge is -2.21. The van der Waals surface area contributed by atoms with Crippen LogP contribution in [0.5, 0.6) is 5.75 Å². The first-order valence-electron chi connectivity index (χ1n) is 13.6. The number of methoxy groups -OCH3 is 1. The maximum atomic E-state index is 15.4. The number of carbonyl (C=O) groups is 2. The first-order valence-corrected chi connectivity index (χ1v) is 14.0. The highest BCUT2D eigenvalue weighted by Gasteiger charge is 2.42. The quantitative estimate of drug-likeness (QED) is 0.130. The summed E-state index contributed by atoms with van der Waals surface area (Å²) in [5, 5.41) is 5.21. The molecule has 1 heterocycles. The smallest absolute Gasteiger partial charge is 0.330 e. The van der Waals surface area contributed by atoms with E-state index >= 15 is 4.39 Å². The van der Waals surface area contributed by atoms with Gasteiger partial charge >= 0.3 is 5.92 Å². The van der Waals surface area contributed by atoms with Crippen molar-refractivity contribution in [3.05, 3.63) is 80.1 Å². The van der Waals surface area contributed by atoms with Crippen molar-refractivity contribution in [2.45, 2.75) is 43.3 Å². The molecule has 232 valence electrons. The molecule has 1 aromatic heterocycles. The number of alkyl halides is 3. The third-order valence-corrected chi connectivity index (χ3v) is 8.08. The second-order valence-corrected chi connectivity index (χ2v) is 11.3. The van der Waals surface area contributed by atoms with Gasteiger partial charge in [0.2, 0.25) is 0 Å². The van der Waals surface area contributed by atoms with E-state index in [1.165, 1.54) is 25.4 Å². The Hall–Kier alpha value is -4.06. The first-order chi connectivity index (χ1) is 20.8. The zero-order chi connectivity index (χ0) is 32.0. The number of pyridine rings is 1. The number of nitrogens with zero attached hydrogens (tertiary/aromatic N) is 1. The number of rotatable bonds is 11. The Morgan fingerprint density at radius 2 is 1.91 bits per heavy atom. The van der Waals surface area contributed by atoms with Crippen LogP contribution in [0.25, 0.3) is 24.0 Å². The summed E-state index contributed by atoms with van der Waals surface area (Å²) in [7, 11) is 1.38. The fourth-order valence-electron chi connectivity index (χ4n) is 4.82. The number of carbonyl (C=O) groups excluding carboxylic acids is 2. The molecule has 1 amide bonds. The topological polar surface area (TPSA) is 80.3 Å². The number of aromatic nitrogens is 1. The highest BCUT2D eigenvalue weighted by Crippen LogP contribution is 2.44. The molecule has 2 fully saturated rings. The van der Waals surface area contributed by atoms with Crippen LogP contribution in [0, 0.1) is 23.4 Å². The first kappa shape index (κ1) is 31.4. The van der Waals surface area contributed by atoms with Crippen LogP contribution >= 0.6 is 11.6 Å². The maximum Gasteiger partial charge on any atom is 0.330 e. The summed E-state index contributed by atoms with van der Waals surface area (Å²) in [6, 6.07) is 5.16. The van der Waals surface area contributed by atoms with Crippen LogP contribution in [0.2, 0.25) is 5.02 Å². The summed E-state index contributed by atoms with van der Waals surface area (Å²) in [6.07, 6.45) is 2.60. The summed E-state index contributed by atoms with van der Waals surface area (Å²) in [5.41, 5.74) is -2.93. The SMILES string of the molecule is C=c1c(OC)cc(C(=O)NCC(c2cc(C(F)(F)C=O)c(F)c(-c3ccc(F)c(Cl)c3F)n2)C2CC2)c/c1=C/NC1(F)CC1. The molecule has 2 N–H and O–H groups in total. The van der Waals surface area contributed by atoms with E-state index in [1.54, 1.807) is 0 Å². The zero-order valence-corrected chi connectivity index (χ0v) is 24.0. The molecule has 3 aromatic rings. The molecular weight excluding hydrogens is 612 g/mol. The monoisotopic (exact) mass is 637 g/mol. The number of aldehydes is 1. The minimum absolute atomic E-state index is 0.129. The van der Waals surface area contributed by atoms with Crippen molar-refractivity contribution in [1.29, 1.82) is 0 Å². The van der Waals surface area contributed by atoms with Crippen LogP contribution in [-0.2, 0) is 10.7 Å². The van der Waals surface area contributed by atoms with Crippen molar-refractivity contribution in [2.24, 2.45) is 5.92 Å². The van der Waals surface area contributed by atoms with Gasteiger partial charge in [0.1, 0.15) is 22.3 Å². The van der Waals surface area contributed by atoms with Gasteiger partial charge in [-0.3, -0.25) is 9.59 Å². The number of ether oxygens (including phenoxy) is 1. The molecule has 5 rings (SSSR count). The molecule has 0 spiro atoms. The lowest BCUT2D eigenvalue weighted by molar-refractivity contribution is -0.130. The van der Waals surface area contributed by atoms with Crippen molar-refractivity contribution < 1.29 is 40.7 Å². The normalized spacial score (nSPS) is 16.8. The van der Waals surface area contributed by atoms with Crippen LogP contribution in [0.1, 0.15) is 53.2 Å². The van der Waals surface area contributed by atoms with Gasteiger partial charge in [0.15, 0.2) is 23.7 Å². The van der Waals surface area contributed by atoms with E-state index < -0.39 is 69.1 Å². The maximum absolute atomic E-state index is 15.4. The van der Waals surface area contributed by atoms with E-state index in [2.05, 4.69) is 22.2 Å². The lowest BCUT2D eigenvalue weighted by atomic mass is 9.94. The van der Waals surface area contributed by atoms with Gasteiger partial charge in [-0.15, -0.1) is 0 Å². The second-order valence-electron chi connectivity index (χ2n) is 10.9. The fourth-order valence-corrected chi connectivity index (χ4v) is 4.98. The number of hydrogen-bond acceptors (Lipinski definition) is 5. The Morgan fingerprint density at radius 3 is 2.52 bits per heavy atom. The van der Waals surface area contributed by atoms with Crippen molar-refractivity contribution in [3.8, 4) is 17.0 Å². The molecule has 0 bridgehead atoms. The molecule has 13 heteroatoms. The van der Waals surface area contributed by atoms with Crippen LogP contribution in [0.3, 0.4) is 0 Å². The number of halogens is 7. The van der Waals surface area contributed by atoms with Crippen LogP contribution in [-0.4, -0.2) is 36.6 Å². The summed E-state index contributed by atoms with van der Waals surface area (Å²) < 4.78 is 92.8. The largest absolute Gasteiger partial charge is 0.496 e.